The van der Waals surface area contributed by atoms with E-state index in [1.807, 2.05) is 23.9 Å². The minimum atomic E-state index is -0.0554. The largest absolute Gasteiger partial charge is 0.376 e. The minimum Gasteiger partial charge on any atom is -0.376 e. The van der Waals surface area contributed by atoms with Gasteiger partial charge in [-0.3, -0.25) is 4.79 Å². The van der Waals surface area contributed by atoms with Crippen LogP contribution in [0.3, 0.4) is 0 Å². The van der Waals surface area contributed by atoms with Crippen molar-refractivity contribution in [3.05, 3.63) is 0 Å². The highest BCUT2D eigenvalue weighted by molar-refractivity contribution is 5.83. The van der Waals surface area contributed by atoms with E-state index < -0.39 is 0 Å². The molecule has 5 heteroatoms. The van der Waals surface area contributed by atoms with Crippen LogP contribution in [0, 0.1) is 0 Å². The third-order valence-corrected chi connectivity index (χ3v) is 3.38. The summed E-state index contributed by atoms with van der Waals surface area (Å²) in [5.74, 6) is 0.223. The fraction of sp³-hybridized carbons (Fsp3) is 0.917. The lowest BCUT2D eigenvalue weighted by Gasteiger charge is -2.35. The quantitative estimate of drug-likeness (QED) is 0.722. The monoisotopic (exact) mass is 241 g/mol. The molecule has 2 heterocycles. The van der Waals surface area contributed by atoms with Crippen molar-refractivity contribution in [3.63, 3.8) is 0 Å². The van der Waals surface area contributed by atoms with Crippen LogP contribution in [0.2, 0.25) is 0 Å². The molecule has 2 atom stereocenters. The summed E-state index contributed by atoms with van der Waals surface area (Å²) >= 11 is 0. The molecule has 2 aliphatic heterocycles. The molecule has 0 bridgehead atoms. The molecule has 17 heavy (non-hydrogen) atoms. The minimum absolute atomic E-state index is 0.0554. The molecule has 2 fully saturated rings. The number of amides is 1. The molecule has 0 aliphatic carbocycles. The Bertz CT molecular complexity index is 264. The van der Waals surface area contributed by atoms with Crippen LogP contribution < -0.4 is 5.32 Å². The van der Waals surface area contributed by atoms with Gasteiger partial charge in [-0.15, -0.1) is 0 Å². The van der Waals surface area contributed by atoms with E-state index in [4.69, 9.17) is 4.74 Å². The van der Waals surface area contributed by atoms with Crippen molar-refractivity contribution in [3.8, 4) is 0 Å². The van der Waals surface area contributed by atoms with E-state index in [-0.39, 0.29) is 18.1 Å². The predicted molar refractivity (Wildman–Crippen MR) is 65.9 cm³/mol. The van der Waals surface area contributed by atoms with Crippen molar-refractivity contribution in [2.45, 2.75) is 25.0 Å². The normalized spacial score (nSPS) is 30.3. The van der Waals surface area contributed by atoms with E-state index in [0.717, 1.165) is 45.6 Å². The van der Waals surface area contributed by atoms with E-state index >= 15 is 0 Å². The van der Waals surface area contributed by atoms with Gasteiger partial charge >= 0.3 is 0 Å². The Morgan fingerprint density at radius 3 is 3.00 bits per heavy atom. The van der Waals surface area contributed by atoms with Crippen molar-refractivity contribution in [1.29, 1.82) is 0 Å². The molecule has 0 saturated carbocycles. The topological polar surface area (TPSA) is 44.8 Å². The van der Waals surface area contributed by atoms with Crippen LogP contribution in [0.15, 0.2) is 0 Å². The Hall–Kier alpha value is -0.650. The Morgan fingerprint density at radius 1 is 1.53 bits per heavy atom. The number of hydrogen-bond acceptors (Lipinski definition) is 4. The molecule has 0 aromatic carbocycles. The number of carbonyl (C=O) groups excluding carboxylic acids is 1. The Labute approximate surface area is 103 Å². The third kappa shape index (κ3) is 3.40. The van der Waals surface area contributed by atoms with Gasteiger partial charge in [0.1, 0.15) is 0 Å². The van der Waals surface area contributed by atoms with Gasteiger partial charge in [-0.25, -0.2) is 0 Å². The fourth-order valence-electron chi connectivity index (χ4n) is 2.51. The lowest BCUT2D eigenvalue weighted by Crippen LogP contribution is -2.59. The van der Waals surface area contributed by atoms with E-state index in [1.54, 1.807) is 0 Å². The predicted octanol–water partition coefficient (Wildman–Crippen LogP) is -0.473. The summed E-state index contributed by atoms with van der Waals surface area (Å²) in [7, 11) is 3.99. The Morgan fingerprint density at radius 2 is 2.35 bits per heavy atom. The molecule has 1 N–H and O–H groups in total. The van der Waals surface area contributed by atoms with Gasteiger partial charge in [0.25, 0.3) is 0 Å². The van der Waals surface area contributed by atoms with Crippen LogP contribution in [0.5, 0.6) is 0 Å². The molecule has 0 aromatic rings. The van der Waals surface area contributed by atoms with Crippen LogP contribution in [-0.2, 0) is 9.53 Å². The number of likely N-dealkylation sites (N-methyl/N-ethyl adjacent to an activating group) is 1. The second-order valence-electron chi connectivity index (χ2n) is 5.19. The standard InChI is InChI=1S/C12H23N3O2/c1-14(2)9-11-12(16)15(6-5-13-11)8-10-4-3-7-17-10/h10-11,13H,3-9H2,1-2H3. The first-order valence-electron chi connectivity index (χ1n) is 6.45. The van der Waals surface area contributed by atoms with Crippen molar-refractivity contribution in [2.24, 2.45) is 0 Å². The molecule has 2 aliphatic rings. The maximum absolute atomic E-state index is 12.2. The molecular formula is C12H23N3O2. The summed E-state index contributed by atoms with van der Waals surface area (Å²) in [5, 5.41) is 3.28. The van der Waals surface area contributed by atoms with E-state index in [2.05, 4.69) is 5.32 Å². The van der Waals surface area contributed by atoms with Crippen molar-refractivity contribution in [2.75, 3.05) is 46.9 Å². The average molecular weight is 241 g/mol. The second kappa shape index (κ2) is 5.80. The summed E-state index contributed by atoms with van der Waals surface area (Å²) in [4.78, 5) is 16.2. The molecule has 0 aromatic heterocycles. The Kier molecular flexibility index (Phi) is 4.36. The van der Waals surface area contributed by atoms with Gasteiger partial charge in [-0.2, -0.15) is 0 Å². The second-order valence-corrected chi connectivity index (χ2v) is 5.19. The number of nitrogens with one attached hydrogen (secondary N) is 1. The average Bonchev–Trinajstić information content (AvgIpc) is 2.76. The molecule has 0 radical (unpaired) electrons. The number of rotatable bonds is 4. The van der Waals surface area contributed by atoms with Gasteiger partial charge < -0.3 is 19.9 Å². The van der Waals surface area contributed by atoms with Gasteiger partial charge in [0.05, 0.1) is 12.1 Å². The van der Waals surface area contributed by atoms with Crippen LogP contribution >= 0.6 is 0 Å². The highest BCUT2D eigenvalue weighted by Crippen LogP contribution is 2.14. The first-order valence-corrected chi connectivity index (χ1v) is 6.45. The maximum Gasteiger partial charge on any atom is 0.241 e. The van der Waals surface area contributed by atoms with Crippen molar-refractivity contribution >= 4 is 5.91 Å². The third-order valence-electron chi connectivity index (χ3n) is 3.38. The SMILES string of the molecule is CN(C)CC1NCCN(CC2CCCO2)C1=O. The first kappa shape index (κ1) is 12.8. The number of ether oxygens (including phenoxy) is 1. The van der Waals surface area contributed by atoms with Crippen LogP contribution in [-0.4, -0.2) is 74.7 Å². The zero-order valence-corrected chi connectivity index (χ0v) is 10.8. The molecule has 2 saturated heterocycles. The van der Waals surface area contributed by atoms with E-state index in [0.29, 0.717) is 0 Å². The zero-order chi connectivity index (χ0) is 12.3. The van der Waals surface area contributed by atoms with E-state index in [1.165, 1.54) is 0 Å². The highest BCUT2D eigenvalue weighted by Gasteiger charge is 2.30. The summed E-state index contributed by atoms with van der Waals surface area (Å²) in [6.45, 7) is 4.08. The van der Waals surface area contributed by atoms with E-state index in [9.17, 15) is 4.79 Å². The van der Waals surface area contributed by atoms with Gasteiger partial charge in [0.2, 0.25) is 5.91 Å². The van der Waals surface area contributed by atoms with Gasteiger partial charge in [0, 0.05) is 32.8 Å². The maximum atomic E-state index is 12.2. The molecule has 2 unspecified atom stereocenters. The van der Waals surface area contributed by atoms with Gasteiger partial charge in [-0.1, -0.05) is 0 Å². The molecule has 0 spiro atoms. The first-order chi connectivity index (χ1) is 8.16. The highest BCUT2D eigenvalue weighted by atomic mass is 16.5. The van der Waals surface area contributed by atoms with Gasteiger partial charge in [0.15, 0.2) is 0 Å². The number of piperazine rings is 1. The molecule has 5 nitrogen and oxygen atoms in total. The fourth-order valence-corrected chi connectivity index (χ4v) is 2.51. The summed E-state index contributed by atoms with van der Waals surface area (Å²) in [5.41, 5.74) is 0. The van der Waals surface area contributed by atoms with Crippen LogP contribution in [0.25, 0.3) is 0 Å². The zero-order valence-electron chi connectivity index (χ0n) is 10.8. The number of nitrogens with zero attached hydrogens (tertiary/aromatic N) is 2. The summed E-state index contributed by atoms with van der Waals surface area (Å²) in [6, 6.07) is -0.0554. The van der Waals surface area contributed by atoms with Crippen molar-refractivity contribution < 1.29 is 9.53 Å². The van der Waals surface area contributed by atoms with Crippen molar-refractivity contribution in [1.82, 2.24) is 15.1 Å². The van der Waals surface area contributed by atoms with Crippen LogP contribution in [0.4, 0.5) is 0 Å². The lowest BCUT2D eigenvalue weighted by molar-refractivity contribution is -0.137. The summed E-state index contributed by atoms with van der Waals surface area (Å²) in [6.07, 6.45) is 2.49. The number of carbonyl (C=O) groups is 1. The molecule has 98 valence electrons. The number of hydrogen-bond donors (Lipinski definition) is 1. The Balaban J connectivity index is 1.86. The molecule has 1 amide bonds. The summed E-state index contributed by atoms with van der Waals surface area (Å²) < 4.78 is 5.60. The molecular weight excluding hydrogens is 218 g/mol. The lowest BCUT2D eigenvalue weighted by atomic mass is 10.1. The van der Waals surface area contributed by atoms with Gasteiger partial charge in [-0.05, 0) is 26.9 Å². The smallest absolute Gasteiger partial charge is 0.241 e. The van der Waals surface area contributed by atoms with Crippen LogP contribution in [0.1, 0.15) is 12.8 Å². The molecule has 2 rings (SSSR count).